The number of nitrogens with zero attached hydrogens (tertiary/aromatic N) is 1. The van der Waals surface area contributed by atoms with E-state index >= 15 is 0 Å². The van der Waals surface area contributed by atoms with Crippen LogP contribution >= 0.6 is 0 Å². The van der Waals surface area contributed by atoms with Gasteiger partial charge in [-0.05, 0) is 31.6 Å². The molecule has 17 heavy (non-hydrogen) atoms. The first kappa shape index (κ1) is 11.6. The van der Waals surface area contributed by atoms with Crippen LogP contribution in [0, 0.1) is 11.8 Å². The molecule has 1 aliphatic heterocycles. The third-order valence-corrected chi connectivity index (χ3v) is 5.00. The molecule has 0 aromatic carbocycles. The Morgan fingerprint density at radius 2 is 1.47 bits per heavy atom. The molecule has 0 saturated heterocycles. The molecule has 0 radical (unpaired) electrons. The van der Waals surface area contributed by atoms with E-state index in [1.807, 2.05) is 0 Å². The summed E-state index contributed by atoms with van der Waals surface area (Å²) in [4.78, 5) is 4.82. The molecule has 3 aliphatic rings. The minimum Gasteiger partial charge on any atom is -0.369 e. The summed E-state index contributed by atoms with van der Waals surface area (Å²) < 4.78 is 0. The quantitative estimate of drug-likeness (QED) is 0.777. The number of hydrogen-bond acceptors (Lipinski definition) is 2. The molecule has 2 saturated carbocycles. The molecule has 0 aromatic rings. The van der Waals surface area contributed by atoms with Crippen LogP contribution in [0.4, 0.5) is 0 Å². The van der Waals surface area contributed by atoms with E-state index in [9.17, 15) is 0 Å². The molecule has 0 amide bonds. The van der Waals surface area contributed by atoms with Gasteiger partial charge in [-0.2, -0.15) is 0 Å². The van der Waals surface area contributed by atoms with E-state index < -0.39 is 0 Å². The number of amidine groups is 1. The van der Waals surface area contributed by atoms with Gasteiger partial charge in [-0.25, -0.2) is 0 Å². The van der Waals surface area contributed by atoms with Crippen molar-refractivity contribution in [2.75, 3.05) is 6.54 Å². The maximum Gasteiger partial charge on any atom is 0.0998 e. The largest absolute Gasteiger partial charge is 0.369 e. The summed E-state index contributed by atoms with van der Waals surface area (Å²) in [5.41, 5.74) is 0. The van der Waals surface area contributed by atoms with E-state index in [2.05, 4.69) is 5.32 Å². The lowest BCUT2D eigenvalue weighted by Gasteiger charge is -2.29. The normalized spacial score (nSPS) is 32.2. The van der Waals surface area contributed by atoms with Gasteiger partial charge in [0.1, 0.15) is 0 Å². The van der Waals surface area contributed by atoms with E-state index in [0.29, 0.717) is 6.04 Å². The van der Waals surface area contributed by atoms with Crippen molar-refractivity contribution < 1.29 is 0 Å². The molecule has 3 rings (SSSR count). The SMILES string of the molecule is C1CCC(C2=NCC(C3CCCCC3)N2)CC1. The van der Waals surface area contributed by atoms with Crippen molar-refractivity contribution in [2.24, 2.45) is 16.8 Å². The van der Waals surface area contributed by atoms with E-state index in [0.717, 1.165) is 18.4 Å². The summed E-state index contributed by atoms with van der Waals surface area (Å²) in [7, 11) is 0. The molecule has 1 unspecified atom stereocenters. The fourth-order valence-corrected chi connectivity index (χ4v) is 3.90. The fourth-order valence-electron chi connectivity index (χ4n) is 3.90. The average Bonchev–Trinajstić information content (AvgIpc) is 2.90. The molecule has 96 valence electrons. The molecule has 2 heteroatoms. The van der Waals surface area contributed by atoms with Crippen molar-refractivity contribution in [1.29, 1.82) is 0 Å². The summed E-state index contributed by atoms with van der Waals surface area (Å²) in [6.45, 7) is 1.07. The lowest BCUT2D eigenvalue weighted by atomic mass is 9.83. The highest BCUT2D eigenvalue weighted by molar-refractivity contribution is 5.86. The topological polar surface area (TPSA) is 24.4 Å². The number of hydrogen-bond donors (Lipinski definition) is 1. The molecular formula is C15H26N2. The van der Waals surface area contributed by atoms with Crippen LogP contribution in [0.3, 0.4) is 0 Å². The van der Waals surface area contributed by atoms with Gasteiger partial charge in [-0.1, -0.05) is 38.5 Å². The Hall–Kier alpha value is -0.530. The Bertz CT molecular complexity index is 273. The van der Waals surface area contributed by atoms with Crippen molar-refractivity contribution in [3.63, 3.8) is 0 Å². The summed E-state index contributed by atoms with van der Waals surface area (Å²) >= 11 is 0. The zero-order valence-electron chi connectivity index (χ0n) is 11.0. The Morgan fingerprint density at radius 1 is 0.824 bits per heavy atom. The van der Waals surface area contributed by atoms with Crippen LogP contribution in [0.15, 0.2) is 4.99 Å². The molecule has 0 aromatic heterocycles. The second kappa shape index (κ2) is 5.41. The third-order valence-electron chi connectivity index (χ3n) is 5.00. The summed E-state index contributed by atoms with van der Waals surface area (Å²) in [6, 6.07) is 0.687. The smallest absolute Gasteiger partial charge is 0.0998 e. The monoisotopic (exact) mass is 234 g/mol. The zero-order chi connectivity index (χ0) is 11.5. The Morgan fingerprint density at radius 3 is 2.18 bits per heavy atom. The van der Waals surface area contributed by atoms with Crippen LogP contribution in [0.25, 0.3) is 0 Å². The molecule has 2 fully saturated rings. The van der Waals surface area contributed by atoms with E-state index in [4.69, 9.17) is 4.99 Å². The fraction of sp³-hybridized carbons (Fsp3) is 0.933. The van der Waals surface area contributed by atoms with Gasteiger partial charge >= 0.3 is 0 Å². The Balaban J connectivity index is 1.52. The van der Waals surface area contributed by atoms with E-state index in [-0.39, 0.29) is 0 Å². The second-order valence-corrected chi connectivity index (χ2v) is 6.21. The Kier molecular flexibility index (Phi) is 3.68. The van der Waals surface area contributed by atoms with Crippen LogP contribution < -0.4 is 5.32 Å². The van der Waals surface area contributed by atoms with Crippen molar-refractivity contribution in [1.82, 2.24) is 5.32 Å². The highest BCUT2D eigenvalue weighted by Crippen LogP contribution is 2.30. The molecular weight excluding hydrogens is 208 g/mol. The van der Waals surface area contributed by atoms with Crippen LogP contribution in [0.5, 0.6) is 0 Å². The van der Waals surface area contributed by atoms with Gasteiger partial charge in [0.05, 0.1) is 12.4 Å². The number of nitrogens with one attached hydrogen (secondary N) is 1. The second-order valence-electron chi connectivity index (χ2n) is 6.21. The zero-order valence-corrected chi connectivity index (χ0v) is 11.0. The predicted molar refractivity (Wildman–Crippen MR) is 72.4 cm³/mol. The standard InChI is InChI=1S/C15H26N2/c1-3-7-12(8-4-1)14-11-16-15(17-14)13-9-5-2-6-10-13/h12-14H,1-11H2,(H,16,17). The van der Waals surface area contributed by atoms with Crippen molar-refractivity contribution >= 4 is 5.84 Å². The van der Waals surface area contributed by atoms with Crippen LogP contribution in [-0.4, -0.2) is 18.4 Å². The van der Waals surface area contributed by atoms with Gasteiger partial charge in [0, 0.05) is 12.0 Å². The van der Waals surface area contributed by atoms with Crippen LogP contribution in [0.1, 0.15) is 64.2 Å². The van der Waals surface area contributed by atoms with Crippen LogP contribution in [0.2, 0.25) is 0 Å². The minimum atomic E-state index is 0.687. The molecule has 0 spiro atoms. The van der Waals surface area contributed by atoms with Crippen molar-refractivity contribution in [3.05, 3.63) is 0 Å². The predicted octanol–water partition coefficient (Wildman–Crippen LogP) is 3.52. The highest BCUT2D eigenvalue weighted by atomic mass is 15.1. The molecule has 1 heterocycles. The van der Waals surface area contributed by atoms with Gasteiger partial charge in [-0.15, -0.1) is 0 Å². The minimum absolute atomic E-state index is 0.687. The van der Waals surface area contributed by atoms with Gasteiger partial charge in [-0.3, -0.25) is 4.99 Å². The maximum atomic E-state index is 4.82. The first-order valence-corrected chi connectivity index (χ1v) is 7.74. The molecule has 2 aliphatic carbocycles. The summed E-state index contributed by atoms with van der Waals surface area (Å²) in [5.74, 6) is 3.06. The molecule has 0 bridgehead atoms. The summed E-state index contributed by atoms with van der Waals surface area (Å²) in [6.07, 6.45) is 14.3. The molecule has 1 N–H and O–H groups in total. The van der Waals surface area contributed by atoms with Gasteiger partial charge < -0.3 is 5.32 Å². The van der Waals surface area contributed by atoms with Crippen LogP contribution in [-0.2, 0) is 0 Å². The van der Waals surface area contributed by atoms with Gasteiger partial charge in [0.15, 0.2) is 0 Å². The van der Waals surface area contributed by atoms with Crippen molar-refractivity contribution in [2.45, 2.75) is 70.3 Å². The third kappa shape index (κ3) is 2.66. The van der Waals surface area contributed by atoms with E-state index in [1.165, 1.54) is 70.0 Å². The highest BCUT2D eigenvalue weighted by Gasteiger charge is 2.30. The lowest BCUT2D eigenvalue weighted by Crippen LogP contribution is -2.40. The van der Waals surface area contributed by atoms with Gasteiger partial charge in [0.25, 0.3) is 0 Å². The van der Waals surface area contributed by atoms with Crippen molar-refractivity contribution in [3.8, 4) is 0 Å². The molecule has 1 atom stereocenters. The first-order valence-electron chi connectivity index (χ1n) is 7.74. The number of rotatable bonds is 2. The average molecular weight is 234 g/mol. The lowest BCUT2D eigenvalue weighted by molar-refractivity contribution is 0.298. The first-order chi connectivity index (χ1) is 8.43. The molecule has 2 nitrogen and oxygen atoms in total. The van der Waals surface area contributed by atoms with E-state index in [1.54, 1.807) is 0 Å². The number of aliphatic imine (C=N–C) groups is 1. The maximum absolute atomic E-state index is 4.82. The van der Waals surface area contributed by atoms with Gasteiger partial charge in [0.2, 0.25) is 0 Å². The summed E-state index contributed by atoms with van der Waals surface area (Å²) in [5, 5.41) is 3.78. The Labute approximate surface area is 105 Å².